The summed E-state index contributed by atoms with van der Waals surface area (Å²) in [6.45, 7) is 4.47. The average Bonchev–Trinajstić information content (AvgIpc) is 3.10. The van der Waals surface area contributed by atoms with Crippen molar-refractivity contribution in [2.24, 2.45) is 4.99 Å². The summed E-state index contributed by atoms with van der Waals surface area (Å²) >= 11 is 1.80. The van der Waals surface area contributed by atoms with Crippen LogP contribution in [-0.2, 0) is 13.0 Å². The largest absolute Gasteiger partial charge is 0.481 e. The Balaban J connectivity index is 0.00000288. The van der Waals surface area contributed by atoms with Crippen molar-refractivity contribution < 1.29 is 4.74 Å². The van der Waals surface area contributed by atoms with Gasteiger partial charge in [0.25, 0.3) is 0 Å². The molecule has 0 aliphatic heterocycles. The fraction of sp³-hybridized carbons (Fsp3) is 0.412. The molecule has 0 bridgehead atoms. The molecule has 7 heteroatoms. The fourth-order valence-corrected chi connectivity index (χ4v) is 2.83. The van der Waals surface area contributed by atoms with Crippen molar-refractivity contribution in [3.8, 4) is 5.88 Å². The van der Waals surface area contributed by atoms with Gasteiger partial charge < -0.3 is 15.0 Å². The Labute approximate surface area is 165 Å². The first-order valence-corrected chi connectivity index (χ1v) is 8.61. The molecule has 0 unspecified atom stereocenters. The normalized spacial score (nSPS) is 10.9. The molecule has 0 radical (unpaired) electrons. The number of methoxy groups -OCH3 is 1. The molecule has 1 N–H and O–H groups in total. The maximum Gasteiger partial charge on any atom is 0.213 e. The molecule has 0 saturated heterocycles. The highest BCUT2D eigenvalue weighted by molar-refractivity contribution is 14.0. The molecule has 0 aliphatic rings. The van der Waals surface area contributed by atoms with Crippen LogP contribution in [-0.4, -0.2) is 43.1 Å². The minimum absolute atomic E-state index is 0. The number of rotatable bonds is 7. The van der Waals surface area contributed by atoms with Crippen molar-refractivity contribution in [1.82, 2.24) is 15.2 Å². The molecule has 132 valence electrons. The number of hydrogen-bond acceptors (Lipinski definition) is 4. The summed E-state index contributed by atoms with van der Waals surface area (Å²) in [5, 5.41) is 5.46. The highest BCUT2D eigenvalue weighted by Crippen LogP contribution is 2.11. The molecule has 5 nitrogen and oxygen atoms in total. The van der Waals surface area contributed by atoms with Crippen LogP contribution >= 0.6 is 35.3 Å². The summed E-state index contributed by atoms with van der Waals surface area (Å²) in [5.74, 6) is 1.54. The molecule has 0 saturated carbocycles. The molecule has 0 amide bonds. The van der Waals surface area contributed by atoms with E-state index >= 15 is 0 Å². The summed E-state index contributed by atoms with van der Waals surface area (Å²) in [4.78, 5) is 12.4. The van der Waals surface area contributed by atoms with E-state index in [-0.39, 0.29) is 24.0 Å². The van der Waals surface area contributed by atoms with Crippen molar-refractivity contribution in [2.75, 3.05) is 27.2 Å². The Morgan fingerprint density at radius 3 is 2.92 bits per heavy atom. The first-order chi connectivity index (χ1) is 11.2. The monoisotopic (exact) mass is 460 g/mol. The van der Waals surface area contributed by atoms with Gasteiger partial charge in [0.2, 0.25) is 5.88 Å². The summed E-state index contributed by atoms with van der Waals surface area (Å²) in [5.41, 5.74) is 1.08. The number of aromatic nitrogens is 1. The Morgan fingerprint density at radius 2 is 2.25 bits per heavy atom. The van der Waals surface area contributed by atoms with Gasteiger partial charge >= 0.3 is 0 Å². The van der Waals surface area contributed by atoms with Gasteiger partial charge in [-0.25, -0.2) is 9.98 Å². The second kappa shape index (κ2) is 11.2. The summed E-state index contributed by atoms with van der Waals surface area (Å²) < 4.78 is 5.15. The van der Waals surface area contributed by atoms with Crippen LogP contribution in [0.5, 0.6) is 5.88 Å². The third kappa shape index (κ3) is 6.64. The number of likely N-dealkylation sites (N-methyl/N-ethyl adjacent to an activating group) is 1. The van der Waals surface area contributed by atoms with E-state index in [1.165, 1.54) is 4.88 Å². The number of nitrogens with zero attached hydrogens (tertiary/aromatic N) is 3. The van der Waals surface area contributed by atoms with E-state index in [4.69, 9.17) is 9.73 Å². The topological polar surface area (TPSA) is 49.8 Å². The van der Waals surface area contributed by atoms with E-state index in [1.807, 2.05) is 12.1 Å². The van der Waals surface area contributed by atoms with Crippen molar-refractivity contribution in [1.29, 1.82) is 0 Å². The highest BCUT2D eigenvalue weighted by atomic mass is 127. The van der Waals surface area contributed by atoms with Crippen molar-refractivity contribution in [3.05, 3.63) is 46.3 Å². The molecule has 24 heavy (non-hydrogen) atoms. The van der Waals surface area contributed by atoms with Gasteiger partial charge in [0.05, 0.1) is 13.7 Å². The maximum atomic E-state index is 5.15. The van der Waals surface area contributed by atoms with Crippen LogP contribution in [0.3, 0.4) is 0 Å². The van der Waals surface area contributed by atoms with E-state index < -0.39 is 0 Å². The van der Waals surface area contributed by atoms with Gasteiger partial charge in [-0.2, -0.15) is 0 Å². The lowest BCUT2D eigenvalue weighted by atomic mass is 10.3. The van der Waals surface area contributed by atoms with Crippen LogP contribution in [0.1, 0.15) is 17.4 Å². The molecule has 2 aromatic rings. The lowest BCUT2D eigenvalue weighted by Gasteiger charge is -2.21. The van der Waals surface area contributed by atoms with Crippen LogP contribution in [0.25, 0.3) is 0 Å². The zero-order chi connectivity index (χ0) is 16.5. The minimum atomic E-state index is 0. The Bertz CT molecular complexity index is 619. The SMILES string of the molecule is CCNC(=NCc1ccnc(OC)c1)N(C)CCc1cccs1.I. The average molecular weight is 460 g/mol. The zero-order valence-electron chi connectivity index (χ0n) is 14.4. The van der Waals surface area contributed by atoms with Gasteiger partial charge in [-0.1, -0.05) is 6.07 Å². The molecule has 0 fully saturated rings. The predicted molar refractivity (Wildman–Crippen MR) is 112 cm³/mol. The Kier molecular flexibility index (Phi) is 9.70. The van der Waals surface area contributed by atoms with Gasteiger partial charge in [0.15, 0.2) is 5.96 Å². The Morgan fingerprint density at radius 1 is 1.42 bits per heavy atom. The molecule has 0 spiro atoms. The van der Waals surface area contributed by atoms with E-state index in [0.717, 1.165) is 31.0 Å². The number of halogens is 1. The van der Waals surface area contributed by atoms with Gasteiger partial charge in [0, 0.05) is 37.3 Å². The number of aliphatic imine (C=N–C) groups is 1. The van der Waals surface area contributed by atoms with Gasteiger partial charge in [-0.05, 0) is 36.4 Å². The molecular formula is C17H25IN4OS. The van der Waals surface area contributed by atoms with Crippen LogP contribution in [0.2, 0.25) is 0 Å². The molecule has 2 aromatic heterocycles. The summed E-state index contributed by atoms with van der Waals surface area (Å²) in [6.07, 6.45) is 2.78. The van der Waals surface area contributed by atoms with Gasteiger partial charge in [-0.3, -0.25) is 0 Å². The van der Waals surface area contributed by atoms with Crippen LogP contribution in [0, 0.1) is 0 Å². The lowest BCUT2D eigenvalue weighted by Crippen LogP contribution is -2.39. The van der Waals surface area contributed by atoms with Crippen molar-refractivity contribution in [3.63, 3.8) is 0 Å². The van der Waals surface area contributed by atoms with Crippen LogP contribution < -0.4 is 10.1 Å². The minimum Gasteiger partial charge on any atom is -0.481 e. The van der Waals surface area contributed by atoms with Gasteiger partial charge in [0.1, 0.15) is 0 Å². The second-order valence-corrected chi connectivity index (χ2v) is 6.16. The van der Waals surface area contributed by atoms with E-state index in [2.05, 4.69) is 46.7 Å². The number of ether oxygens (including phenoxy) is 1. The fourth-order valence-electron chi connectivity index (χ4n) is 2.13. The number of pyridine rings is 1. The molecule has 2 rings (SSSR count). The smallest absolute Gasteiger partial charge is 0.213 e. The summed E-state index contributed by atoms with van der Waals surface area (Å²) in [6, 6.07) is 8.14. The van der Waals surface area contributed by atoms with Gasteiger partial charge in [-0.15, -0.1) is 35.3 Å². The number of hydrogen-bond donors (Lipinski definition) is 1. The first-order valence-electron chi connectivity index (χ1n) is 7.73. The molecule has 0 aromatic carbocycles. The van der Waals surface area contributed by atoms with Crippen LogP contribution in [0.4, 0.5) is 0 Å². The third-order valence-corrected chi connectivity index (χ3v) is 4.33. The molecule has 2 heterocycles. The molecule has 0 aliphatic carbocycles. The van der Waals surface area contributed by atoms with E-state index in [1.54, 1.807) is 24.6 Å². The second-order valence-electron chi connectivity index (χ2n) is 5.13. The molecule has 0 atom stereocenters. The zero-order valence-corrected chi connectivity index (χ0v) is 17.5. The summed E-state index contributed by atoms with van der Waals surface area (Å²) in [7, 11) is 3.69. The molecular weight excluding hydrogens is 435 g/mol. The third-order valence-electron chi connectivity index (χ3n) is 3.39. The quantitative estimate of drug-likeness (QED) is 0.391. The number of nitrogens with one attached hydrogen (secondary N) is 1. The maximum absolute atomic E-state index is 5.15. The Hall–Kier alpha value is -1.35. The van der Waals surface area contributed by atoms with Crippen molar-refractivity contribution in [2.45, 2.75) is 19.9 Å². The van der Waals surface area contributed by atoms with Crippen molar-refractivity contribution >= 4 is 41.3 Å². The van der Waals surface area contributed by atoms with E-state index in [0.29, 0.717) is 12.4 Å². The first kappa shape index (κ1) is 20.7. The number of thiophene rings is 1. The predicted octanol–water partition coefficient (Wildman–Crippen LogP) is 3.41. The lowest BCUT2D eigenvalue weighted by molar-refractivity contribution is 0.397. The highest BCUT2D eigenvalue weighted by Gasteiger charge is 2.06. The number of guanidine groups is 1. The van der Waals surface area contributed by atoms with E-state index in [9.17, 15) is 0 Å². The van der Waals surface area contributed by atoms with Crippen LogP contribution in [0.15, 0.2) is 40.8 Å². The standard InChI is InChI=1S/C17H24N4OS.HI/c1-4-18-17(21(2)10-8-15-6-5-11-23-15)20-13-14-7-9-19-16(12-14)22-3;/h5-7,9,11-12H,4,8,10,13H2,1-3H3,(H,18,20);1H.